The third-order valence-electron chi connectivity index (χ3n) is 2.37. The Labute approximate surface area is 113 Å². The molecule has 0 aliphatic carbocycles. The molecule has 0 fully saturated rings. The van der Waals surface area contributed by atoms with Crippen molar-refractivity contribution in [1.29, 1.82) is 0 Å². The van der Waals surface area contributed by atoms with Gasteiger partial charge >= 0.3 is 0 Å². The van der Waals surface area contributed by atoms with Gasteiger partial charge in [0.1, 0.15) is 0 Å². The van der Waals surface area contributed by atoms with Crippen molar-refractivity contribution in [3.05, 3.63) is 59.6 Å². The van der Waals surface area contributed by atoms with E-state index in [-0.39, 0.29) is 0 Å². The van der Waals surface area contributed by atoms with Crippen molar-refractivity contribution in [2.24, 2.45) is 0 Å². The first-order chi connectivity index (χ1) is 8.93. The van der Waals surface area contributed by atoms with E-state index >= 15 is 0 Å². The van der Waals surface area contributed by atoms with Crippen LogP contribution in [-0.2, 0) is 0 Å². The summed E-state index contributed by atoms with van der Waals surface area (Å²) in [6.07, 6.45) is 0. The molecule has 0 amide bonds. The SMILES string of the molecule is [c]1nc2ccccc2s1.[c]1nc2ccccc2s1. The molecule has 0 bridgehead atoms. The molecule has 0 aliphatic rings. The number of aromatic nitrogens is 2. The molecule has 4 aromatic rings. The number of para-hydroxylation sites is 2. The summed E-state index contributed by atoms with van der Waals surface area (Å²) in [5.74, 6) is 0. The van der Waals surface area contributed by atoms with Gasteiger partial charge in [-0.15, -0.1) is 22.7 Å². The molecule has 0 saturated heterocycles. The van der Waals surface area contributed by atoms with Crippen LogP contribution in [0.15, 0.2) is 48.5 Å². The van der Waals surface area contributed by atoms with E-state index in [0.717, 1.165) is 11.0 Å². The van der Waals surface area contributed by atoms with E-state index in [0.29, 0.717) is 0 Å². The summed E-state index contributed by atoms with van der Waals surface area (Å²) in [6, 6.07) is 16.0. The number of thiazole rings is 2. The van der Waals surface area contributed by atoms with E-state index in [1.54, 1.807) is 22.7 Å². The van der Waals surface area contributed by atoms with Gasteiger partial charge in [-0.1, -0.05) is 24.3 Å². The van der Waals surface area contributed by atoms with E-state index in [2.05, 4.69) is 21.0 Å². The minimum Gasteiger partial charge on any atom is -0.233 e. The topological polar surface area (TPSA) is 25.8 Å². The Morgan fingerprint density at radius 2 is 1.11 bits per heavy atom. The van der Waals surface area contributed by atoms with Crippen molar-refractivity contribution < 1.29 is 0 Å². The van der Waals surface area contributed by atoms with Crippen LogP contribution in [0.4, 0.5) is 0 Å². The molecule has 4 rings (SSSR count). The zero-order valence-electron chi connectivity index (χ0n) is 9.33. The lowest BCUT2D eigenvalue weighted by atomic mass is 10.3. The maximum absolute atomic E-state index is 4.01. The third kappa shape index (κ3) is 2.39. The van der Waals surface area contributed by atoms with Crippen LogP contribution < -0.4 is 0 Å². The normalized spacial score (nSPS) is 10.2. The van der Waals surface area contributed by atoms with E-state index < -0.39 is 0 Å². The van der Waals surface area contributed by atoms with Crippen molar-refractivity contribution in [2.75, 3.05) is 0 Å². The van der Waals surface area contributed by atoms with Crippen LogP contribution in [-0.4, -0.2) is 9.97 Å². The summed E-state index contributed by atoms with van der Waals surface area (Å²) in [5, 5.41) is 0. The smallest absolute Gasteiger partial charge is 0.153 e. The summed E-state index contributed by atoms with van der Waals surface area (Å²) >= 11 is 3.10. The lowest BCUT2D eigenvalue weighted by Crippen LogP contribution is -1.61. The highest BCUT2D eigenvalue weighted by molar-refractivity contribution is 7.16. The molecule has 2 radical (unpaired) electrons. The molecule has 86 valence electrons. The molecule has 0 saturated carbocycles. The van der Waals surface area contributed by atoms with Gasteiger partial charge < -0.3 is 0 Å². The van der Waals surface area contributed by atoms with Gasteiger partial charge in [-0.05, 0) is 24.3 Å². The number of fused-ring (bicyclic) bond motifs is 2. The largest absolute Gasteiger partial charge is 0.233 e. The van der Waals surface area contributed by atoms with Gasteiger partial charge in [0.05, 0.1) is 20.4 Å². The van der Waals surface area contributed by atoms with Gasteiger partial charge in [-0.2, -0.15) is 0 Å². The molecular formula is C14H8N2S2. The summed E-state index contributed by atoms with van der Waals surface area (Å²) < 4.78 is 2.41. The zero-order chi connectivity index (χ0) is 12.2. The summed E-state index contributed by atoms with van der Waals surface area (Å²) in [4.78, 5) is 8.02. The maximum atomic E-state index is 4.01. The number of rotatable bonds is 0. The standard InChI is InChI=1S/2C7H4NS/c2*1-2-4-7-6(3-1)8-5-9-7/h2*1-4H. The molecule has 2 aromatic heterocycles. The van der Waals surface area contributed by atoms with Gasteiger partial charge in [0.2, 0.25) is 0 Å². The molecule has 0 N–H and O–H groups in total. The molecule has 0 unspecified atom stereocenters. The van der Waals surface area contributed by atoms with Gasteiger partial charge in [0, 0.05) is 0 Å². The quantitative estimate of drug-likeness (QED) is 0.478. The Hall–Kier alpha value is -1.78. The van der Waals surface area contributed by atoms with Gasteiger partial charge in [-0.3, -0.25) is 0 Å². The number of hydrogen-bond donors (Lipinski definition) is 0. The van der Waals surface area contributed by atoms with Crippen LogP contribution in [0.3, 0.4) is 0 Å². The fourth-order valence-electron chi connectivity index (χ4n) is 1.51. The second-order valence-electron chi connectivity index (χ2n) is 3.55. The van der Waals surface area contributed by atoms with Crippen LogP contribution >= 0.6 is 22.7 Å². The Bertz CT molecular complexity index is 632. The van der Waals surface area contributed by atoms with Gasteiger partial charge in [-0.25, -0.2) is 9.97 Å². The second kappa shape index (κ2) is 5.25. The molecule has 0 spiro atoms. The van der Waals surface area contributed by atoms with E-state index in [4.69, 9.17) is 0 Å². The minimum absolute atomic E-state index is 1.04. The highest BCUT2D eigenvalue weighted by atomic mass is 32.1. The summed E-state index contributed by atoms with van der Waals surface area (Å²) in [6.45, 7) is 0. The molecule has 4 heteroatoms. The molecule has 18 heavy (non-hydrogen) atoms. The average Bonchev–Trinajstić information content (AvgIpc) is 3.08. The molecule has 2 nitrogen and oxygen atoms in total. The highest BCUT2D eigenvalue weighted by Gasteiger charge is 1.91. The van der Waals surface area contributed by atoms with E-state index in [9.17, 15) is 0 Å². The van der Waals surface area contributed by atoms with Gasteiger partial charge in [0.15, 0.2) is 11.0 Å². The second-order valence-corrected chi connectivity index (χ2v) is 5.20. The summed E-state index contributed by atoms with van der Waals surface area (Å²) in [5.41, 5.74) is 7.75. The lowest BCUT2D eigenvalue weighted by molar-refractivity contribution is 1.48. The third-order valence-corrected chi connectivity index (χ3v) is 3.87. The highest BCUT2D eigenvalue weighted by Crippen LogP contribution is 2.15. The zero-order valence-corrected chi connectivity index (χ0v) is 11.0. The van der Waals surface area contributed by atoms with Crippen molar-refractivity contribution in [3.8, 4) is 0 Å². The van der Waals surface area contributed by atoms with Crippen LogP contribution in [0.5, 0.6) is 0 Å². The molecule has 2 aromatic carbocycles. The van der Waals surface area contributed by atoms with Gasteiger partial charge in [0.25, 0.3) is 0 Å². The van der Waals surface area contributed by atoms with Crippen molar-refractivity contribution >= 4 is 43.1 Å². The summed E-state index contributed by atoms with van der Waals surface area (Å²) in [7, 11) is 0. The average molecular weight is 268 g/mol. The van der Waals surface area contributed by atoms with Crippen LogP contribution in [0.2, 0.25) is 0 Å². The fourth-order valence-corrected chi connectivity index (χ4v) is 2.73. The van der Waals surface area contributed by atoms with E-state index in [1.807, 2.05) is 48.5 Å². The van der Waals surface area contributed by atoms with Crippen molar-refractivity contribution in [2.45, 2.75) is 0 Å². The Kier molecular flexibility index (Phi) is 3.30. The number of hydrogen-bond acceptors (Lipinski definition) is 4. The predicted molar refractivity (Wildman–Crippen MR) is 76.9 cm³/mol. The Morgan fingerprint density at radius 1 is 0.667 bits per heavy atom. The van der Waals surface area contributed by atoms with Crippen LogP contribution in [0, 0.1) is 11.0 Å². The molecule has 2 heterocycles. The molecule has 0 atom stereocenters. The first kappa shape index (κ1) is 11.3. The molecular weight excluding hydrogens is 260 g/mol. The lowest BCUT2D eigenvalue weighted by Gasteiger charge is -1.80. The number of nitrogens with zero attached hydrogens (tertiary/aromatic N) is 2. The van der Waals surface area contributed by atoms with Crippen molar-refractivity contribution in [1.82, 2.24) is 9.97 Å². The van der Waals surface area contributed by atoms with E-state index in [1.165, 1.54) is 9.40 Å². The minimum atomic E-state index is 1.04. The predicted octanol–water partition coefficient (Wildman–Crippen LogP) is 4.19. The Balaban J connectivity index is 0.000000111. The first-order valence-corrected chi connectivity index (χ1v) is 7.00. The first-order valence-electron chi connectivity index (χ1n) is 5.37. The maximum Gasteiger partial charge on any atom is 0.153 e. The number of benzene rings is 2. The monoisotopic (exact) mass is 268 g/mol. The van der Waals surface area contributed by atoms with Crippen molar-refractivity contribution in [3.63, 3.8) is 0 Å². The molecule has 0 aliphatic heterocycles. The fraction of sp³-hybridized carbons (Fsp3) is 0. The van der Waals surface area contributed by atoms with Crippen LogP contribution in [0.1, 0.15) is 0 Å². The Morgan fingerprint density at radius 3 is 1.56 bits per heavy atom. The van der Waals surface area contributed by atoms with Crippen LogP contribution in [0.25, 0.3) is 20.4 Å².